The third kappa shape index (κ3) is 1.70. The molecule has 3 rings (SSSR count). The van der Waals surface area contributed by atoms with Crippen LogP contribution in [0.2, 0.25) is 0 Å². The Kier molecular flexibility index (Phi) is 2.76. The summed E-state index contributed by atoms with van der Waals surface area (Å²) in [7, 11) is 0. The molecule has 1 heterocycles. The number of rotatable bonds is 2. The van der Waals surface area contributed by atoms with E-state index in [1.165, 1.54) is 30.5 Å². The van der Waals surface area contributed by atoms with Gasteiger partial charge in [-0.05, 0) is 57.2 Å². The highest BCUT2D eigenvalue weighted by Gasteiger charge is 2.48. The zero-order valence-electron chi connectivity index (χ0n) is 11.6. The molecule has 18 heavy (non-hydrogen) atoms. The van der Waals surface area contributed by atoms with Gasteiger partial charge in [0.05, 0.1) is 0 Å². The minimum atomic E-state index is 0.170. The van der Waals surface area contributed by atoms with Crippen LogP contribution >= 0.6 is 0 Å². The molecule has 1 aromatic carbocycles. The molecule has 0 radical (unpaired) electrons. The summed E-state index contributed by atoms with van der Waals surface area (Å²) in [5.74, 6) is 0. The van der Waals surface area contributed by atoms with Crippen LogP contribution in [-0.4, -0.2) is 29.1 Å². The van der Waals surface area contributed by atoms with Crippen molar-refractivity contribution in [1.82, 2.24) is 4.90 Å². The summed E-state index contributed by atoms with van der Waals surface area (Å²) in [5, 5.41) is 0. The molecule has 0 saturated carbocycles. The van der Waals surface area contributed by atoms with Crippen molar-refractivity contribution < 1.29 is 0 Å². The summed E-state index contributed by atoms with van der Waals surface area (Å²) in [4.78, 5) is 2.69. The molecule has 0 unspecified atom stereocenters. The molecule has 2 aliphatic rings. The van der Waals surface area contributed by atoms with Gasteiger partial charge in [0.1, 0.15) is 0 Å². The van der Waals surface area contributed by atoms with E-state index in [9.17, 15) is 0 Å². The predicted octanol–water partition coefficient (Wildman–Crippen LogP) is 2.36. The molecule has 2 N–H and O–H groups in total. The van der Waals surface area contributed by atoms with E-state index in [1.807, 2.05) is 0 Å². The molecule has 1 aliphatic heterocycles. The number of benzene rings is 1. The number of hydrogen-bond donors (Lipinski definition) is 1. The zero-order valence-corrected chi connectivity index (χ0v) is 11.6. The molecule has 98 valence electrons. The lowest BCUT2D eigenvalue weighted by atomic mass is 9.88. The van der Waals surface area contributed by atoms with E-state index in [-0.39, 0.29) is 5.54 Å². The van der Waals surface area contributed by atoms with Gasteiger partial charge in [-0.1, -0.05) is 24.3 Å². The Labute approximate surface area is 110 Å². The van der Waals surface area contributed by atoms with Crippen LogP contribution in [0.4, 0.5) is 0 Å². The fourth-order valence-electron chi connectivity index (χ4n) is 4.11. The summed E-state index contributed by atoms with van der Waals surface area (Å²) in [6, 6.07) is 8.85. The van der Waals surface area contributed by atoms with E-state index >= 15 is 0 Å². The summed E-state index contributed by atoms with van der Waals surface area (Å²) in [6.07, 6.45) is 4.86. The second kappa shape index (κ2) is 4.07. The van der Waals surface area contributed by atoms with Crippen molar-refractivity contribution in [2.45, 2.75) is 50.6 Å². The van der Waals surface area contributed by atoms with Gasteiger partial charge in [0, 0.05) is 17.6 Å². The topological polar surface area (TPSA) is 29.3 Å². The average Bonchev–Trinajstić information content (AvgIpc) is 2.89. The minimum Gasteiger partial charge on any atom is -0.329 e. The molecule has 0 spiro atoms. The Balaban J connectivity index is 1.95. The Hall–Kier alpha value is -0.860. The SMILES string of the molecule is CC1(C)CCCN1C1(CN)Cc2ccccc2C1. The number of nitrogens with two attached hydrogens (primary N) is 1. The molecule has 1 fully saturated rings. The Morgan fingerprint density at radius 1 is 1.17 bits per heavy atom. The van der Waals surface area contributed by atoms with Gasteiger partial charge < -0.3 is 5.73 Å². The average molecular weight is 244 g/mol. The maximum absolute atomic E-state index is 6.21. The summed E-state index contributed by atoms with van der Waals surface area (Å²) >= 11 is 0. The quantitative estimate of drug-likeness (QED) is 0.865. The molecular formula is C16H24N2. The minimum absolute atomic E-state index is 0.170. The second-order valence-electron chi connectivity index (χ2n) is 6.62. The maximum atomic E-state index is 6.21. The molecule has 2 nitrogen and oxygen atoms in total. The summed E-state index contributed by atoms with van der Waals surface area (Å²) in [6.45, 7) is 6.73. The van der Waals surface area contributed by atoms with Gasteiger partial charge in [0.25, 0.3) is 0 Å². The monoisotopic (exact) mass is 244 g/mol. The molecule has 0 atom stereocenters. The predicted molar refractivity (Wildman–Crippen MR) is 75.7 cm³/mol. The lowest BCUT2D eigenvalue weighted by Crippen LogP contribution is -2.59. The highest BCUT2D eigenvalue weighted by Crippen LogP contribution is 2.42. The van der Waals surface area contributed by atoms with Crippen molar-refractivity contribution in [2.75, 3.05) is 13.1 Å². The van der Waals surface area contributed by atoms with Crippen LogP contribution < -0.4 is 5.73 Å². The Bertz CT molecular complexity index is 425. The first-order valence-corrected chi connectivity index (χ1v) is 7.12. The normalized spacial score (nSPS) is 25.3. The van der Waals surface area contributed by atoms with Crippen LogP contribution in [0.25, 0.3) is 0 Å². The van der Waals surface area contributed by atoms with Gasteiger partial charge in [-0.3, -0.25) is 4.90 Å². The maximum Gasteiger partial charge on any atom is 0.0417 e. The molecule has 1 aliphatic carbocycles. The highest BCUT2D eigenvalue weighted by molar-refractivity contribution is 5.37. The molecule has 0 amide bonds. The molecule has 0 bridgehead atoms. The van der Waals surface area contributed by atoms with Gasteiger partial charge in [0.15, 0.2) is 0 Å². The Morgan fingerprint density at radius 3 is 2.22 bits per heavy atom. The first-order chi connectivity index (χ1) is 8.57. The van der Waals surface area contributed by atoms with E-state index in [4.69, 9.17) is 5.73 Å². The largest absolute Gasteiger partial charge is 0.329 e. The second-order valence-corrected chi connectivity index (χ2v) is 6.62. The van der Waals surface area contributed by atoms with Crippen LogP contribution in [0.1, 0.15) is 37.8 Å². The molecular weight excluding hydrogens is 220 g/mol. The Morgan fingerprint density at radius 2 is 1.78 bits per heavy atom. The van der Waals surface area contributed by atoms with Crippen LogP contribution in [0, 0.1) is 0 Å². The number of likely N-dealkylation sites (tertiary alicyclic amines) is 1. The van der Waals surface area contributed by atoms with Crippen LogP contribution in [0.15, 0.2) is 24.3 Å². The van der Waals surface area contributed by atoms with E-state index in [0.717, 1.165) is 19.4 Å². The van der Waals surface area contributed by atoms with E-state index < -0.39 is 0 Å². The molecule has 2 heteroatoms. The third-order valence-electron chi connectivity index (χ3n) is 5.01. The van der Waals surface area contributed by atoms with E-state index in [2.05, 4.69) is 43.0 Å². The van der Waals surface area contributed by atoms with Crippen molar-refractivity contribution >= 4 is 0 Å². The fourth-order valence-corrected chi connectivity index (χ4v) is 4.11. The number of nitrogens with zero attached hydrogens (tertiary/aromatic N) is 1. The number of hydrogen-bond acceptors (Lipinski definition) is 2. The van der Waals surface area contributed by atoms with Crippen molar-refractivity contribution in [3.63, 3.8) is 0 Å². The zero-order chi connectivity index (χ0) is 12.8. The van der Waals surface area contributed by atoms with E-state index in [0.29, 0.717) is 5.54 Å². The summed E-state index contributed by atoms with van der Waals surface area (Å²) in [5.41, 5.74) is 9.70. The first kappa shape index (κ1) is 12.2. The van der Waals surface area contributed by atoms with Gasteiger partial charge in [-0.25, -0.2) is 0 Å². The van der Waals surface area contributed by atoms with Gasteiger partial charge in [-0.15, -0.1) is 0 Å². The van der Waals surface area contributed by atoms with Gasteiger partial charge in [0.2, 0.25) is 0 Å². The van der Waals surface area contributed by atoms with E-state index in [1.54, 1.807) is 0 Å². The smallest absolute Gasteiger partial charge is 0.0417 e. The van der Waals surface area contributed by atoms with Crippen molar-refractivity contribution in [3.8, 4) is 0 Å². The lowest BCUT2D eigenvalue weighted by Gasteiger charge is -2.46. The molecule has 1 saturated heterocycles. The van der Waals surface area contributed by atoms with Crippen molar-refractivity contribution in [2.24, 2.45) is 5.73 Å². The fraction of sp³-hybridized carbons (Fsp3) is 0.625. The number of fused-ring (bicyclic) bond motifs is 1. The van der Waals surface area contributed by atoms with Crippen molar-refractivity contribution in [1.29, 1.82) is 0 Å². The van der Waals surface area contributed by atoms with Gasteiger partial charge in [-0.2, -0.15) is 0 Å². The van der Waals surface area contributed by atoms with Crippen molar-refractivity contribution in [3.05, 3.63) is 35.4 Å². The van der Waals surface area contributed by atoms with Crippen LogP contribution in [0.3, 0.4) is 0 Å². The highest BCUT2D eigenvalue weighted by atomic mass is 15.3. The lowest BCUT2D eigenvalue weighted by molar-refractivity contribution is 0.0417. The first-order valence-electron chi connectivity index (χ1n) is 7.12. The standard InChI is InChI=1S/C16H24N2/c1-15(2)8-5-9-18(15)16(12-17)10-13-6-3-4-7-14(13)11-16/h3-4,6-7H,5,8-12,17H2,1-2H3. The summed E-state index contributed by atoms with van der Waals surface area (Å²) < 4.78 is 0. The molecule has 1 aromatic rings. The van der Waals surface area contributed by atoms with Gasteiger partial charge >= 0.3 is 0 Å². The van der Waals surface area contributed by atoms with Crippen LogP contribution in [0.5, 0.6) is 0 Å². The third-order valence-corrected chi connectivity index (χ3v) is 5.01. The molecule has 0 aromatic heterocycles. The van der Waals surface area contributed by atoms with Crippen LogP contribution in [-0.2, 0) is 12.8 Å².